The van der Waals surface area contributed by atoms with Crippen LogP contribution in [0.2, 0.25) is 0 Å². The molecular formula is C21H24ClN5O. The Balaban J connectivity index is 1.54. The first-order valence-electron chi connectivity index (χ1n) is 9.55. The van der Waals surface area contributed by atoms with Crippen molar-refractivity contribution < 1.29 is 4.79 Å². The molecule has 2 aromatic heterocycles. The maximum absolute atomic E-state index is 12.8. The van der Waals surface area contributed by atoms with Gasteiger partial charge >= 0.3 is 6.03 Å². The number of aromatic amines is 1. The van der Waals surface area contributed by atoms with Crippen LogP contribution in [0.5, 0.6) is 0 Å². The molecule has 2 amide bonds. The highest BCUT2D eigenvalue weighted by atomic mass is 35.5. The van der Waals surface area contributed by atoms with E-state index in [9.17, 15) is 4.79 Å². The average Bonchev–Trinajstić information content (AvgIpc) is 3.06. The molecular weight excluding hydrogens is 374 g/mol. The van der Waals surface area contributed by atoms with E-state index in [4.69, 9.17) is 11.6 Å². The van der Waals surface area contributed by atoms with Gasteiger partial charge in [-0.2, -0.15) is 0 Å². The number of carbonyl (C=O) groups is 1. The van der Waals surface area contributed by atoms with Crippen molar-refractivity contribution in [3.8, 4) is 0 Å². The van der Waals surface area contributed by atoms with E-state index in [2.05, 4.69) is 33.3 Å². The van der Waals surface area contributed by atoms with Crippen LogP contribution in [0.25, 0.3) is 16.6 Å². The first kappa shape index (κ1) is 18.7. The van der Waals surface area contributed by atoms with Gasteiger partial charge in [0.15, 0.2) is 0 Å². The lowest BCUT2D eigenvalue weighted by Crippen LogP contribution is -2.47. The Hall–Kier alpha value is -2.60. The van der Waals surface area contributed by atoms with Crippen molar-refractivity contribution in [1.82, 2.24) is 25.2 Å². The topological polar surface area (TPSA) is 73.9 Å². The van der Waals surface area contributed by atoms with Gasteiger partial charge in [-0.3, -0.25) is 0 Å². The van der Waals surface area contributed by atoms with Gasteiger partial charge in [-0.25, -0.2) is 14.8 Å². The SMILES string of the molecule is Cc1c[nH]c2ncnc(C3=CC(C)N(C(=O)NC4=CC=CC(Cl)C4C)CC3)c12. The van der Waals surface area contributed by atoms with Gasteiger partial charge in [0.2, 0.25) is 0 Å². The van der Waals surface area contributed by atoms with E-state index in [1.807, 2.05) is 43.2 Å². The summed E-state index contributed by atoms with van der Waals surface area (Å²) in [6.45, 7) is 6.74. The number of H-pyrrole nitrogens is 1. The molecule has 7 heteroatoms. The molecule has 3 atom stereocenters. The van der Waals surface area contributed by atoms with Crippen LogP contribution in [0.1, 0.15) is 31.5 Å². The molecule has 146 valence electrons. The van der Waals surface area contributed by atoms with Gasteiger partial charge in [-0.05, 0) is 37.5 Å². The summed E-state index contributed by atoms with van der Waals surface area (Å²) >= 11 is 6.28. The zero-order valence-corrected chi connectivity index (χ0v) is 17.0. The summed E-state index contributed by atoms with van der Waals surface area (Å²) in [7, 11) is 0. The molecule has 4 rings (SSSR count). The molecule has 0 aromatic carbocycles. The molecule has 2 aromatic rings. The van der Waals surface area contributed by atoms with E-state index >= 15 is 0 Å². The Labute approximate surface area is 169 Å². The van der Waals surface area contributed by atoms with Gasteiger partial charge in [-0.1, -0.05) is 25.2 Å². The van der Waals surface area contributed by atoms with Gasteiger partial charge in [-0.15, -0.1) is 11.6 Å². The van der Waals surface area contributed by atoms with Crippen LogP contribution < -0.4 is 5.32 Å². The van der Waals surface area contributed by atoms with Gasteiger partial charge in [0.05, 0.1) is 11.1 Å². The maximum atomic E-state index is 12.8. The molecule has 0 fully saturated rings. The molecule has 2 aliphatic rings. The monoisotopic (exact) mass is 397 g/mol. The van der Waals surface area contributed by atoms with E-state index in [1.165, 1.54) is 0 Å². The van der Waals surface area contributed by atoms with E-state index in [0.717, 1.165) is 40.0 Å². The maximum Gasteiger partial charge on any atom is 0.322 e. The summed E-state index contributed by atoms with van der Waals surface area (Å²) in [5.41, 5.74) is 4.93. The van der Waals surface area contributed by atoms with Crippen molar-refractivity contribution in [2.75, 3.05) is 6.54 Å². The number of carbonyl (C=O) groups excluding carboxylic acids is 1. The molecule has 0 radical (unpaired) electrons. The number of aromatic nitrogens is 3. The van der Waals surface area contributed by atoms with Crippen LogP contribution in [-0.4, -0.2) is 43.8 Å². The number of aryl methyl sites for hydroxylation is 1. The van der Waals surface area contributed by atoms with Crippen LogP contribution in [-0.2, 0) is 0 Å². The van der Waals surface area contributed by atoms with Gasteiger partial charge < -0.3 is 15.2 Å². The van der Waals surface area contributed by atoms with E-state index in [0.29, 0.717) is 6.54 Å². The second-order valence-electron chi connectivity index (χ2n) is 7.46. The predicted molar refractivity (Wildman–Crippen MR) is 112 cm³/mol. The summed E-state index contributed by atoms with van der Waals surface area (Å²) in [5.74, 6) is 0.0766. The number of urea groups is 1. The minimum atomic E-state index is -0.102. The standard InChI is InChI=1S/C21H24ClN5O/c1-12-10-23-20-18(12)19(24-11-25-20)15-7-8-27(13(2)9-15)21(28)26-17-6-4-5-16(22)14(17)3/h4-6,9-11,13-14,16H,7-8H2,1-3H3,(H,26,28)(H,23,24,25). The number of halogens is 1. The van der Waals surface area contributed by atoms with Gasteiger partial charge in [0.1, 0.15) is 12.0 Å². The number of amides is 2. The molecule has 28 heavy (non-hydrogen) atoms. The molecule has 2 N–H and O–H groups in total. The molecule has 0 saturated heterocycles. The van der Waals surface area contributed by atoms with Crippen LogP contribution >= 0.6 is 11.6 Å². The van der Waals surface area contributed by atoms with Crippen LogP contribution in [0.4, 0.5) is 4.79 Å². The molecule has 0 saturated carbocycles. The third-order valence-electron chi connectivity index (χ3n) is 5.58. The van der Waals surface area contributed by atoms with E-state index in [1.54, 1.807) is 6.33 Å². The normalized spacial score (nSPS) is 24.9. The Kier molecular flexibility index (Phi) is 4.98. The summed E-state index contributed by atoms with van der Waals surface area (Å²) < 4.78 is 0. The molecule has 3 heterocycles. The molecule has 1 aliphatic heterocycles. The van der Waals surface area contributed by atoms with E-state index < -0.39 is 0 Å². The molecule has 0 spiro atoms. The van der Waals surface area contributed by atoms with Gasteiger partial charge in [0.25, 0.3) is 0 Å². The number of alkyl halides is 1. The van der Waals surface area contributed by atoms with Crippen molar-refractivity contribution in [2.45, 2.75) is 38.6 Å². The first-order valence-corrected chi connectivity index (χ1v) is 9.99. The van der Waals surface area contributed by atoms with Crippen molar-refractivity contribution in [3.05, 3.63) is 53.8 Å². The highest BCUT2D eigenvalue weighted by Gasteiger charge is 2.28. The van der Waals surface area contributed by atoms with Crippen LogP contribution in [0.3, 0.4) is 0 Å². The predicted octanol–water partition coefficient (Wildman–Crippen LogP) is 4.15. The van der Waals surface area contributed by atoms with Crippen LogP contribution in [0, 0.1) is 12.8 Å². The number of allylic oxidation sites excluding steroid dienone is 4. The fourth-order valence-electron chi connectivity index (χ4n) is 3.86. The summed E-state index contributed by atoms with van der Waals surface area (Å²) in [5, 5.41) is 3.99. The fraction of sp³-hybridized carbons (Fsp3) is 0.381. The molecule has 6 nitrogen and oxygen atoms in total. The zero-order valence-electron chi connectivity index (χ0n) is 16.2. The van der Waals surface area contributed by atoms with Crippen molar-refractivity contribution in [2.24, 2.45) is 5.92 Å². The quantitative estimate of drug-likeness (QED) is 0.747. The van der Waals surface area contributed by atoms with E-state index in [-0.39, 0.29) is 23.4 Å². The molecule has 3 unspecified atom stereocenters. The van der Waals surface area contributed by atoms with Gasteiger partial charge in [0, 0.05) is 35.8 Å². The Morgan fingerprint density at radius 2 is 2.18 bits per heavy atom. The summed E-state index contributed by atoms with van der Waals surface area (Å²) in [6, 6.07) is -0.124. The number of rotatable bonds is 2. The smallest absolute Gasteiger partial charge is 0.322 e. The third kappa shape index (κ3) is 3.33. The molecule has 0 bridgehead atoms. The highest BCUT2D eigenvalue weighted by molar-refractivity contribution is 6.22. The minimum absolute atomic E-state index is 0.0325. The Morgan fingerprint density at radius 3 is 2.96 bits per heavy atom. The number of nitrogens with zero attached hydrogens (tertiary/aromatic N) is 3. The lowest BCUT2D eigenvalue weighted by molar-refractivity contribution is 0.190. The molecule has 1 aliphatic carbocycles. The second-order valence-corrected chi connectivity index (χ2v) is 7.97. The first-order chi connectivity index (χ1) is 13.5. The average molecular weight is 398 g/mol. The number of hydrogen-bond acceptors (Lipinski definition) is 3. The number of hydrogen-bond donors (Lipinski definition) is 2. The van der Waals surface area contributed by atoms with Crippen molar-refractivity contribution in [1.29, 1.82) is 0 Å². The van der Waals surface area contributed by atoms with Crippen molar-refractivity contribution >= 4 is 34.2 Å². The highest BCUT2D eigenvalue weighted by Crippen LogP contribution is 2.30. The number of fused-ring (bicyclic) bond motifs is 1. The summed E-state index contributed by atoms with van der Waals surface area (Å²) in [6.07, 6.45) is 12.2. The Morgan fingerprint density at radius 1 is 1.36 bits per heavy atom. The lowest BCUT2D eigenvalue weighted by Gasteiger charge is -2.34. The minimum Gasteiger partial charge on any atom is -0.346 e. The van der Waals surface area contributed by atoms with Crippen molar-refractivity contribution in [3.63, 3.8) is 0 Å². The summed E-state index contributed by atoms with van der Waals surface area (Å²) in [4.78, 5) is 26.7. The number of nitrogens with one attached hydrogen (secondary N) is 2. The lowest BCUT2D eigenvalue weighted by atomic mass is 9.97. The largest absolute Gasteiger partial charge is 0.346 e. The zero-order chi connectivity index (χ0) is 19.8. The second kappa shape index (κ2) is 7.43. The fourth-order valence-corrected chi connectivity index (χ4v) is 4.08. The van der Waals surface area contributed by atoms with Crippen LogP contribution in [0.15, 0.2) is 42.5 Å². The third-order valence-corrected chi connectivity index (χ3v) is 6.10. The Bertz CT molecular complexity index is 1010.